The van der Waals surface area contributed by atoms with Gasteiger partial charge >= 0.3 is 0 Å². The Bertz CT molecular complexity index is 366. The standard InChI is InChI=1S/C17H31N3/c1-3-9-18-16(13-15-7-5-6-8-15)14-17-19-10-12-20(17)11-4-2/h10,12,15-16,18H,3-9,11,13-14H2,1-2H3. The Kier molecular flexibility index (Phi) is 6.58. The van der Waals surface area contributed by atoms with Crippen LogP contribution in [0.1, 0.15) is 64.6 Å². The summed E-state index contributed by atoms with van der Waals surface area (Å²) < 4.78 is 2.33. The molecule has 1 aliphatic carbocycles. The minimum atomic E-state index is 0.607. The summed E-state index contributed by atoms with van der Waals surface area (Å²) >= 11 is 0. The predicted octanol–water partition coefficient (Wildman–Crippen LogP) is 3.78. The van der Waals surface area contributed by atoms with E-state index in [1.165, 1.54) is 50.8 Å². The van der Waals surface area contributed by atoms with E-state index >= 15 is 0 Å². The third-order valence-electron chi connectivity index (χ3n) is 4.47. The minimum absolute atomic E-state index is 0.607. The van der Waals surface area contributed by atoms with Gasteiger partial charge in [0.05, 0.1) is 0 Å². The Labute approximate surface area is 124 Å². The van der Waals surface area contributed by atoms with Crippen LogP contribution in [-0.4, -0.2) is 22.1 Å². The monoisotopic (exact) mass is 277 g/mol. The summed E-state index contributed by atoms with van der Waals surface area (Å²) in [6.45, 7) is 6.71. The highest BCUT2D eigenvalue weighted by Crippen LogP contribution is 2.29. The SMILES string of the molecule is CCCNC(Cc1nccn1CCC)CC1CCCC1. The molecule has 1 atom stereocenters. The Hall–Kier alpha value is -0.830. The van der Waals surface area contributed by atoms with Gasteiger partial charge in [0.15, 0.2) is 0 Å². The Morgan fingerprint density at radius 2 is 2.10 bits per heavy atom. The predicted molar refractivity (Wildman–Crippen MR) is 84.9 cm³/mol. The van der Waals surface area contributed by atoms with Crippen LogP contribution in [0.2, 0.25) is 0 Å². The summed E-state index contributed by atoms with van der Waals surface area (Å²) in [5.74, 6) is 2.21. The molecule has 1 aromatic rings. The second-order valence-corrected chi connectivity index (χ2v) is 6.28. The summed E-state index contributed by atoms with van der Waals surface area (Å²) in [5, 5.41) is 3.75. The number of nitrogens with zero attached hydrogens (tertiary/aromatic N) is 2. The highest BCUT2D eigenvalue weighted by molar-refractivity contribution is 4.96. The molecule has 0 radical (unpaired) electrons. The maximum absolute atomic E-state index is 4.58. The molecule has 20 heavy (non-hydrogen) atoms. The van der Waals surface area contributed by atoms with E-state index in [-0.39, 0.29) is 0 Å². The lowest BCUT2D eigenvalue weighted by molar-refractivity contribution is 0.377. The lowest BCUT2D eigenvalue weighted by Gasteiger charge is -2.22. The van der Waals surface area contributed by atoms with E-state index in [4.69, 9.17) is 0 Å². The van der Waals surface area contributed by atoms with Gasteiger partial charge in [0.1, 0.15) is 5.82 Å². The van der Waals surface area contributed by atoms with Gasteiger partial charge in [-0.25, -0.2) is 4.98 Å². The molecule has 2 rings (SSSR count). The van der Waals surface area contributed by atoms with E-state index in [0.717, 1.165) is 25.4 Å². The van der Waals surface area contributed by atoms with Crippen LogP contribution in [0, 0.1) is 5.92 Å². The van der Waals surface area contributed by atoms with E-state index in [1.54, 1.807) is 0 Å². The zero-order valence-corrected chi connectivity index (χ0v) is 13.3. The van der Waals surface area contributed by atoms with Gasteiger partial charge in [-0.2, -0.15) is 0 Å². The van der Waals surface area contributed by atoms with Crippen molar-refractivity contribution in [2.24, 2.45) is 5.92 Å². The lowest BCUT2D eigenvalue weighted by Crippen LogP contribution is -2.34. The molecule has 0 amide bonds. The summed E-state index contributed by atoms with van der Waals surface area (Å²) in [7, 11) is 0. The third kappa shape index (κ3) is 4.62. The second-order valence-electron chi connectivity index (χ2n) is 6.28. The van der Waals surface area contributed by atoms with Gasteiger partial charge in [0, 0.05) is 31.4 Å². The molecular formula is C17H31N3. The average Bonchev–Trinajstić information content (AvgIpc) is 3.09. The molecule has 1 aromatic heterocycles. The van der Waals surface area contributed by atoms with Crippen molar-refractivity contribution in [2.45, 2.75) is 77.8 Å². The van der Waals surface area contributed by atoms with Crippen molar-refractivity contribution in [1.29, 1.82) is 0 Å². The Morgan fingerprint density at radius 1 is 1.30 bits per heavy atom. The van der Waals surface area contributed by atoms with Crippen LogP contribution in [0.3, 0.4) is 0 Å². The van der Waals surface area contributed by atoms with Crippen molar-refractivity contribution >= 4 is 0 Å². The summed E-state index contributed by atoms with van der Waals surface area (Å²) in [5.41, 5.74) is 0. The summed E-state index contributed by atoms with van der Waals surface area (Å²) in [6, 6.07) is 0.607. The Morgan fingerprint density at radius 3 is 2.80 bits per heavy atom. The molecule has 1 unspecified atom stereocenters. The number of nitrogens with one attached hydrogen (secondary N) is 1. The number of rotatable bonds is 9. The first-order valence-corrected chi connectivity index (χ1v) is 8.56. The number of hydrogen-bond donors (Lipinski definition) is 1. The molecule has 1 fully saturated rings. The zero-order valence-electron chi connectivity index (χ0n) is 13.3. The van der Waals surface area contributed by atoms with Crippen LogP contribution in [0.5, 0.6) is 0 Å². The molecule has 0 bridgehead atoms. The van der Waals surface area contributed by atoms with Crippen molar-refractivity contribution in [2.75, 3.05) is 6.54 Å². The molecule has 3 heteroatoms. The topological polar surface area (TPSA) is 29.9 Å². The number of aryl methyl sites for hydroxylation is 1. The zero-order chi connectivity index (χ0) is 14.2. The van der Waals surface area contributed by atoms with Crippen molar-refractivity contribution < 1.29 is 0 Å². The molecule has 1 N–H and O–H groups in total. The van der Waals surface area contributed by atoms with Crippen LogP contribution in [0.15, 0.2) is 12.4 Å². The fourth-order valence-electron chi connectivity index (χ4n) is 3.43. The number of hydrogen-bond acceptors (Lipinski definition) is 2. The highest BCUT2D eigenvalue weighted by Gasteiger charge is 2.21. The highest BCUT2D eigenvalue weighted by atomic mass is 15.1. The molecule has 114 valence electrons. The van der Waals surface area contributed by atoms with E-state index in [2.05, 4.69) is 34.9 Å². The van der Waals surface area contributed by atoms with E-state index < -0.39 is 0 Å². The second kappa shape index (κ2) is 8.46. The molecular weight excluding hydrogens is 246 g/mol. The molecule has 1 heterocycles. The van der Waals surface area contributed by atoms with Gasteiger partial charge in [-0.15, -0.1) is 0 Å². The first-order valence-electron chi connectivity index (χ1n) is 8.56. The Balaban J connectivity index is 1.92. The first kappa shape index (κ1) is 15.6. The van der Waals surface area contributed by atoms with E-state index in [1.807, 2.05) is 6.20 Å². The smallest absolute Gasteiger partial charge is 0.110 e. The summed E-state index contributed by atoms with van der Waals surface area (Å²) in [4.78, 5) is 4.58. The van der Waals surface area contributed by atoms with Gasteiger partial charge in [0.25, 0.3) is 0 Å². The van der Waals surface area contributed by atoms with Gasteiger partial charge in [-0.1, -0.05) is 39.5 Å². The molecule has 1 saturated carbocycles. The first-order chi connectivity index (χ1) is 9.83. The van der Waals surface area contributed by atoms with Gasteiger partial charge in [0.2, 0.25) is 0 Å². The van der Waals surface area contributed by atoms with Crippen LogP contribution in [0.25, 0.3) is 0 Å². The van der Waals surface area contributed by atoms with Crippen LogP contribution in [0.4, 0.5) is 0 Å². The fraction of sp³-hybridized carbons (Fsp3) is 0.824. The van der Waals surface area contributed by atoms with Crippen molar-refractivity contribution in [3.05, 3.63) is 18.2 Å². The van der Waals surface area contributed by atoms with Gasteiger partial charge in [-0.05, 0) is 31.7 Å². The maximum atomic E-state index is 4.58. The number of aromatic nitrogens is 2. The third-order valence-corrected chi connectivity index (χ3v) is 4.47. The molecule has 0 saturated heterocycles. The molecule has 0 spiro atoms. The van der Waals surface area contributed by atoms with E-state index in [0.29, 0.717) is 6.04 Å². The minimum Gasteiger partial charge on any atom is -0.335 e. The molecule has 3 nitrogen and oxygen atoms in total. The van der Waals surface area contributed by atoms with E-state index in [9.17, 15) is 0 Å². The fourth-order valence-corrected chi connectivity index (χ4v) is 3.43. The quantitative estimate of drug-likeness (QED) is 0.744. The average molecular weight is 277 g/mol. The van der Waals surface area contributed by atoms with Crippen LogP contribution >= 0.6 is 0 Å². The largest absolute Gasteiger partial charge is 0.335 e. The van der Waals surface area contributed by atoms with Crippen molar-refractivity contribution in [1.82, 2.24) is 14.9 Å². The van der Waals surface area contributed by atoms with Crippen LogP contribution < -0.4 is 5.32 Å². The lowest BCUT2D eigenvalue weighted by atomic mass is 9.96. The molecule has 1 aliphatic rings. The maximum Gasteiger partial charge on any atom is 0.110 e. The van der Waals surface area contributed by atoms with Crippen molar-refractivity contribution in [3.8, 4) is 0 Å². The van der Waals surface area contributed by atoms with Gasteiger partial charge < -0.3 is 9.88 Å². The van der Waals surface area contributed by atoms with Gasteiger partial charge in [-0.3, -0.25) is 0 Å². The van der Waals surface area contributed by atoms with Crippen molar-refractivity contribution in [3.63, 3.8) is 0 Å². The normalized spacial score (nSPS) is 17.7. The number of imidazole rings is 1. The summed E-state index contributed by atoms with van der Waals surface area (Å²) in [6.07, 6.45) is 14.7. The molecule has 0 aliphatic heterocycles. The van der Waals surface area contributed by atoms with Crippen LogP contribution in [-0.2, 0) is 13.0 Å². The molecule has 0 aromatic carbocycles.